The number of hydrogen-bond acceptors (Lipinski definition) is 8. The SMILES string of the molecule is Cc1nnc(CN(C)c2cc(C3CC(O)C3)nc(N)n2)o1. The lowest BCUT2D eigenvalue weighted by molar-refractivity contribution is 0.0732. The molecule has 0 aliphatic heterocycles. The lowest BCUT2D eigenvalue weighted by Crippen LogP contribution is -2.28. The zero-order valence-electron chi connectivity index (χ0n) is 12.0. The number of nitrogen functional groups attached to an aromatic ring is 1. The zero-order valence-corrected chi connectivity index (χ0v) is 12.0. The molecule has 0 aromatic carbocycles. The van der Waals surface area contributed by atoms with Crippen LogP contribution in [0.15, 0.2) is 10.5 Å². The molecule has 0 amide bonds. The Balaban J connectivity index is 1.77. The Morgan fingerprint density at radius 2 is 2.14 bits per heavy atom. The van der Waals surface area contributed by atoms with Gasteiger partial charge in [0.1, 0.15) is 5.82 Å². The van der Waals surface area contributed by atoms with E-state index in [2.05, 4.69) is 20.2 Å². The molecule has 21 heavy (non-hydrogen) atoms. The van der Waals surface area contributed by atoms with Crippen molar-refractivity contribution in [3.63, 3.8) is 0 Å². The lowest BCUT2D eigenvalue weighted by atomic mass is 9.80. The van der Waals surface area contributed by atoms with Crippen molar-refractivity contribution in [3.05, 3.63) is 23.5 Å². The summed E-state index contributed by atoms with van der Waals surface area (Å²) in [4.78, 5) is 10.4. The van der Waals surface area contributed by atoms with Crippen LogP contribution in [0, 0.1) is 6.92 Å². The first-order valence-corrected chi connectivity index (χ1v) is 6.84. The maximum absolute atomic E-state index is 9.41. The zero-order chi connectivity index (χ0) is 15.0. The molecule has 2 heterocycles. The summed E-state index contributed by atoms with van der Waals surface area (Å²) in [6, 6.07) is 1.90. The molecule has 0 atom stereocenters. The number of aliphatic hydroxyl groups excluding tert-OH is 1. The minimum atomic E-state index is -0.228. The Morgan fingerprint density at radius 3 is 2.76 bits per heavy atom. The van der Waals surface area contributed by atoms with Gasteiger partial charge in [-0.25, -0.2) is 4.98 Å². The van der Waals surface area contributed by atoms with Gasteiger partial charge in [-0.05, 0) is 12.8 Å². The highest BCUT2D eigenvalue weighted by Crippen LogP contribution is 2.36. The molecule has 2 aromatic heterocycles. The molecule has 3 N–H and O–H groups in total. The van der Waals surface area contributed by atoms with Gasteiger partial charge in [-0.3, -0.25) is 0 Å². The van der Waals surface area contributed by atoms with Gasteiger partial charge < -0.3 is 20.2 Å². The molecule has 2 aromatic rings. The summed E-state index contributed by atoms with van der Waals surface area (Å²) in [7, 11) is 1.88. The van der Waals surface area contributed by atoms with Crippen molar-refractivity contribution in [3.8, 4) is 0 Å². The van der Waals surface area contributed by atoms with E-state index in [-0.39, 0.29) is 18.0 Å². The van der Waals surface area contributed by atoms with Crippen molar-refractivity contribution in [2.45, 2.75) is 38.3 Å². The smallest absolute Gasteiger partial charge is 0.235 e. The van der Waals surface area contributed by atoms with Crippen LogP contribution in [-0.2, 0) is 6.54 Å². The third kappa shape index (κ3) is 2.94. The monoisotopic (exact) mass is 290 g/mol. The largest absolute Gasteiger partial charge is 0.424 e. The maximum atomic E-state index is 9.41. The van der Waals surface area contributed by atoms with Crippen molar-refractivity contribution in [1.82, 2.24) is 20.2 Å². The fourth-order valence-corrected chi connectivity index (χ4v) is 2.39. The second-order valence-corrected chi connectivity index (χ2v) is 5.40. The average Bonchev–Trinajstić information content (AvgIpc) is 2.79. The second-order valence-electron chi connectivity index (χ2n) is 5.40. The van der Waals surface area contributed by atoms with Crippen LogP contribution in [0.2, 0.25) is 0 Å². The molecule has 8 nitrogen and oxygen atoms in total. The Morgan fingerprint density at radius 1 is 1.38 bits per heavy atom. The van der Waals surface area contributed by atoms with E-state index in [0.29, 0.717) is 24.1 Å². The first-order valence-electron chi connectivity index (χ1n) is 6.84. The number of nitrogens with two attached hydrogens (primary N) is 1. The minimum absolute atomic E-state index is 0.228. The predicted molar refractivity (Wildman–Crippen MR) is 75.6 cm³/mol. The van der Waals surface area contributed by atoms with Crippen LogP contribution < -0.4 is 10.6 Å². The van der Waals surface area contributed by atoms with Crippen LogP contribution in [0.4, 0.5) is 11.8 Å². The van der Waals surface area contributed by atoms with E-state index in [9.17, 15) is 5.11 Å². The third-order valence-electron chi connectivity index (χ3n) is 3.61. The van der Waals surface area contributed by atoms with Crippen LogP contribution in [0.3, 0.4) is 0 Å². The highest BCUT2D eigenvalue weighted by atomic mass is 16.4. The Hall–Kier alpha value is -2.22. The van der Waals surface area contributed by atoms with Gasteiger partial charge in [0, 0.05) is 26.0 Å². The Kier molecular flexibility index (Phi) is 3.46. The van der Waals surface area contributed by atoms with Crippen molar-refractivity contribution in [2.75, 3.05) is 17.7 Å². The summed E-state index contributed by atoms with van der Waals surface area (Å²) < 4.78 is 5.36. The van der Waals surface area contributed by atoms with Gasteiger partial charge in [-0.2, -0.15) is 4.98 Å². The van der Waals surface area contributed by atoms with Gasteiger partial charge in [0.25, 0.3) is 0 Å². The van der Waals surface area contributed by atoms with Crippen LogP contribution in [0.25, 0.3) is 0 Å². The normalized spacial score (nSPS) is 21.1. The first-order chi connectivity index (χ1) is 10.0. The van der Waals surface area contributed by atoms with E-state index in [1.165, 1.54) is 0 Å². The molecule has 1 fully saturated rings. The topological polar surface area (TPSA) is 114 Å². The number of nitrogens with zero attached hydrogens (tertiary/aromatic N) is 5. The van der Waals surface area contributed by atoms with Crippen LogP contribution in [-0.4, -0.2) is 38.4 Å². The summed E-state index contributed by atoms with van der Waals surface area (Å²) in [6.45, 7) is 2.20. The van der Waals surface area contributed by atoms with Gasteiger partial charge in [0.15, 0.2) is 0 Å². The highest BCUT2D eigenvalue weighted by molar-refractivity contribution is 5.44. The fraction of sp³-hybridized carbons (Fsp3) is 0.538. The van der Waals surface area contributed by atoms with E-state index >= 15 is 0 Å². The summed E-state index contributed by atoms with van der Waals surface area (Å²) in [5.41, 5.74) is 6.65. The molecule has 1 aliphatic rings. The molecule has 1 saturated carbocycles. The van der Waals surface area contributed by atoms with Crippen molar-refractivity contribution in [1.29, 1.82) is 0 Å². The third-order valence-corrected chi connectivity index (χ3v) is 3.61. The molecular weight excluding hydrogens is 272 g/mol. The Bertz CT molecular complexity index is 637. The number of aromatic nitrogens is 4. The molecule has 3 rings (SSSR count). The molecule has 0 unspecified atom stereocenters. The number of anilines is 2. The first kappa shape index (κ1) is 13.7. The van der Waals surface area contributed by atoms with Crippen molar-refractivity contribution in [2.24, 2.45) is 0 Å². The summed E-state index contributed by atoms with van der Waals surface area (Å²) in [5, 5.41) is 17.2. The summed E-state index contributed by atoms with van der Waals surface area (Å²) >= 11 is 0. The molecule has 0 saturated heterocycles. The van der Waals surface area contributed by atoms with E-state index < -0.39 is 0 Å². The highest BCUT2D eigenvalue weighted by Gasteiger charge is 2.30. The second kappa shape index (κ2) is 5.28. The summed E-state index contributed by atoms with van der Waals surface area (Å²) in [6.07, 6.45) is 1.22. The number of rotatable bonds is 4. The summed E-state index contributed by atoms with van der Waals surface area (Å²) in [5.74, 6) is 2.24. The molecule has 0 spiro atoms. The Labute approximate surface area is 122 Å². The van der Waals surface area contributed by atoms with Gasteiger partial charge in [-0.1, -0.05) is 0 Å². The van der Waals surface area contributed by atoms with Gasteiger partial charge >= 0.3 is 0 Å². The van der Waals surface area contributed by atoms with Gasteiger partial charge in [0.2, 0.25) is 17.7 Å². The molecular formula is C13H18N6O2. The standard InChI is InChI=1S/C13H18N6O2/c1-7-17-18-12(21-7)6-19(2)11-5-10(15-13(14)16-11)8-3-9(20)4-8/h5,8-9,20H,3-4,6H2,1-2H3,(H2,14,15,16). The van der Waals surface area contributed by atoms with E-state index in [4.69, 9.17) is 10.2 Å². The average molecular weight is 290 g/mol. The molecule has 0 bridgehead atoms. The van der Waals surface area contributed by atoms with Crippen molar-refractivity contribution < 1.29 is 9.52 Å². The van der Waals surface area contributed by atoms with E-state index in [1.807, 2.05) is 18.0 Å². The molecule has 8 heteroatoms. The molecule has 0 radical (unpaired) electrons. The molecule has 1 aliphatic carbocycles. The van der Waals surface area contributed by atoms with Gasteiger partial charge in [-0.15, -0.1) is 10.2 Å². The minimum Gasteiger partial charge on any atom is -0.424 e. The maximum Gasteiger partial charge on any atom is 0.235 e. The molecule has 112 valence electrons. The van der Waals surface area contributed by atoms with E-state index in [1.54, 1.807) is 6.92 Å². The van der Waals surface area contributed by atoms with Crippen LogP contribution in [0.5, 0.6) is 0 Å². The van der Waals surface area contributed by atoms with E-state index in [0.717, 1.165) is 18.5 Å². The van der Waals surface area contributed by atoms with Gasteiger partial charge in [0.05, 0.1) is 18.3 Å². The number of hydrogen-bond donors (Lipinski definition) is 2. The predicted octanol–water partition coefficient (Wildman–Crippen LogP) is 0.625. The van der Waals surface area contributed by atoms with Crippen LogP contribution in [0.1, 0.15) is 36.2 Å². The van der Waals surface area contributed by atoms with Crippen molar-refractivity contribution >= 4 is 11.8 Å². The quantitative estimate of drug-likeness (QED) is 0.842. The fourth-order valence-electron chi connectivity index (χ4n) is 2.39. The lowest BCUT2D eigenvalue weighted by Gasteiger charge is -2.31. The number of aliphatic hydroxyl groups is 1. The van der Waals surface area contributed by atoms with Crippen LogP contribution >= 0.6 is 0 Å². The number of aryl methyl sites for hydroxylation is 1.